The Morgan fingerprint density at radius 3 is 2.80 bits per heavy atom. The van der Waals surface area contributed by atoms with Crippen LogP contribution in [0.15, 0.2) is 41.3 Å². The van der Waals surface area contributed by atoms with Crippen LogP contribution in [-0.2, 0) is 0 Å². The molecule has 0 radical (unpaired) electrons. The molecule has 2 aliphatic carbocycles. The third-order valence-electron chi connectivity index (χ3n) is 3.49. The van der Waals surface area contributed by atoms with E-state index in [2.05, 4.69) is 55.1 Å². The second-order valence-corrected chi connectivity index (χ2v) is 6.07. The minimum absolute atomic E-state index is 0.835. The normalized spacial score (nSPS) is 32.5. The zero-order valence-corrected chi connectivity index (χ0v) is 9.84. The minimum atomic E-state index is 0.835. The van der Waals surface area contributed by atoms with Gasteiger partial charge in [-0.15, -0.1) is 11.8 Å². The summed E-state index contributed by atoms with van der Waals surface area (Å²) in [7, 11) is 0. The van der Waals surface area contributed by atoms with Gasteiger partial charge in [0.2, 0.25) is 0 Å². The van der Waals surface area contributed by atoms with Crippen molar-refractivity contribution in [3.63, 3.8) is 0 Å². The molecule has 2 bridgehead atoms. The fourth-order valence-electron chi connectivity index (χ4n) is 2.73. The molecule has 0 nitrogen and oxygen atoms in total. The minimum Gasteiger partial charge on any atom is -0.122 e. The van der Waals surface area contributed by atoms with Gasteiger partial charge >= 0.3 is 0 Å². The Balaban J connectivity index is 1.73. The monoisotopic (exact) mass is 216 g/mol. The smallest absolute Gasteiger partial charge is 0.0163 e. The molecular weight excluding hydrogens is 200 g/mol. The van der Waals surface area contributed by atoms with Gasteiger partial charge in [0.15, 0.2) is 0 Å². The molecule has 0 saturated heterocycles. The van der Waals surface area contributed by atoms with Gasteiger partial charge < -0.3 is 0 Å². The Labute approximate surface area is 95.8 Å². The third kappa shape index (κ3) is 1.85. The first-order valence-corrected chi connectivity index (χ1v) is 6.61. The first-order chi connectivity index (χ1) is 7.31. The Hall–Kier alpha value is -0.690. The second kappa shape index (κ2) is 3.71. The van der Waals surface area contributed by atoms with Crippen LogP contribution >= 0.6 is 11.8 Å². The van der Waals surface area contributed by atoms with Crippen molar-refractivity contribution >= 4 is 11.8 Å². The van der Waals surface area contributed by atoms with Gasteiger partial charge in [0.05, 0.1) is 0 Å². The van der Waals surface area contributed by atoms with Gasteiger partial charge in [0.1, 0.15) is 0 Å². The second-order valence-electron chi connectivity index (χ2n) is 4.75. The van der Waals surface area contributed by atoms with Gasteiger partial charge in [0.25, 0.3) is 0 Å². The molecule has 0 aliphatic heterocycles. The fraction of sp³-hybridized carbons (Fsp3) is 0.429. The van der Waals surface area contributed by atoms with E-state index in [1.165, 1.54) is 23.3 Å². The lowest BCUT2D eigenvalue weighted by molar-refractivity contribution is 0.692. The Bertz CT molecular complexity index is 394. The third-order valence-corrected chi connectivity index (χ3v) is 4.87. The summed E-state index contributed by atoms with van der Waals surface area (Å²) in [5.41, 5.74) is 1.37. The number of benzene rings is 1. The molecule has 0 aromatic heterocycles. The molecule has 0 N–H and O–H groups in total. The van der Waals surface area contributed by atoms with Gasteiger partial charge in [-0.05, 0) is 43.7 Å². The summed E-state index contributed by atoms with van der Waals surface area (Å²) in [5.74, 6) is 1.73. The molecule has 3 rings (SSSR count). The summed E-state index contributed by atoms with van der Waals surface area (Å²) < 4.78 is 0. The molecule has 1 saturated carbocycles. The first-order valence-electron chi connectivity index (χ1n) is 5.73. The van der Waals surface area contributed by atoms with E-state index in [1.54, 1.807) is 0 Å². The van der Waals surface area contributed by atoms with Crippen molar-refractivity contribution in [3.05, 3.63) is 42.0 Å². The van der Waals surface area contributed by atoms with E-state index in [1.807, 2.05) is 0 Å². The maximum Gasteiger partial charge on any atom is 0.0163 e. The highest BCUT2D eigenvalue weighted by molar-refractivity contribution is 8.00. The highest BCUT2D eigenvalue weighted by Gasteiger charge is 2.35. The number of thioether (sulfide) groups is 1. The standard InChI is InChI=1S/C14H16S/c1-10-3-2-4-13(7-10)15-14-9-11-5-6-12(14)8-11/h2-7,11-12,14H,8-9H2,1H3/t11-,12+,14-/m1/s1. The summed E-state index contributed by atoms with van der Waals surface area (Å²) in [6, 6.07) is 8.89. The van der Waals surface area contributed by atoms with Crippen LogP contribution < -0.4 is 0 Å². The lowest BCUT2D eigenvalue weighted by atomic mass is 10.1. The molecule has 3 atom stereocenters. The van der Waals surface area contributed by atoms with Gasteiger partial charge in [-0.25, -0.2) is 0 Å². The fourth-order valence-corrected chi connectivity index (χ4v) is 4.21. The zero-order chi connectivity index (χ0) is 10.3. The predicted molar refractivity (Wildman–Crippen MR) is 66.2 cm³/mol. The number of hydrogen-bond acceptors (Lipinski definition) is 1. The van der Waals surface area contributed by atoms with Crippen LogP contribution in [0.2, 0.25) is 0 Å². The molecular formula is C14H16S. The average molecular weight is 216 g/mol. The molecule has 2 aliphatic rings. The van der Waals surface area contributed by atoms with Gasteiger partial charge in [-0.3, -0.25) is 0 Å². The Morgan fingerprint density at radius 1 is 1.20 bits per heavy atom. The van der Waals surface area contributed by atoms with Crippen molar-refractivity contribution in [1.29, 1.82) is 0 Å². The van der Waals surface area contributed by atoms with E-state index in [9.17, 15) is 0 Å². The molecule has 1 aromatic carbocycles. The average Bonchev–Trinajstić information content (AvgIpc) is 2.79. The number of rotatable bonds is 2. The van der Waals surface area contributed by atoms with Gasteiger partial charge in [-0.1, -0.05) is 29.8 Å². The van der Waals surface area contributed by atoms with Gasteiger partial charge in [-0.2, -0.15) is 0 Å². The molecule has 0 amide bonds. The van der Waals surface area contributed by atoms with Crippen molar-refractivity contribution in [2.45, 2.75) is 29.9 Å². The van der Waals surface area contributed by atoms with Crippen molar-refractivity contribution in [1.82, 2.24) is 0 Å². The van der Waals surface area contributed by atoms with E-state index in [-0.39, 0.29) is 0 Å². The molecule has 0 unspecified atom stereocenters. The van der Waals surface area contributed by atoms with E-state index >= 15 is 0 Å². The summed E-state index contributed by atoms with van der Waals surface area (Å²) in [6.07, 6.45) is 7.64. The Morgan fingerprint density at radius 2 is 2.13 bits per heavy atom. The van der Waals surface area contributed by atoms with Gasteiger partial charge in [0, 0.05) is 10.1 Å². The molecule has 15 heavy (non-hydrogen) atoms. The lowest BCUT2D eigenvalue weighted by Crippen LogP contribution is -2.08. The lowest BCUT2D eigenvalue weighted by Gasteiger charge is -2.17. The van der Waals surface area contributed by atoms with E-state index in [4.69, 9.17) is 0 Å². The predicted octanol–water partition coefficient (Wildman–Crippen LogP) is 4.05. The topological polar surface area (TPSA) is 0 Å². The SMILES string of the molecule is Cc1cccc(S[C@@H]2C[C@@H]3C=C[C@H]2C3)c1. The molecule has 0 heterocycles. The maximum atomic E-state index is 2.43. The van der Waals surface area contributed by atoms with Crippen molar-refractivity contribution in [3.8, 4) is 0 Å². The summed E-state index contributed by atoms with van der Waals surface area (Å²) in [6.45, 7) is 2.17. The van der Waals surface area contributed by atoms with E-state index < -0.39 is 0 Å². The molecule has 0 spiro atoms. The number of hydrogen-bond donors (Lipinski definition) is 0. The van der Waals surface area contributed by atoms with Crippen LogP contribution in [0.25, 0.3) is 0 Å². The van der Waals surface area contributed by atoms with Crippen LogP contribution in [0.1, 0.15) is 18.4 Å². The molecule has 78 valence electrons. The van der Waals surface area contributed by atoms with Crippen molar-refractivity contribution in [2.24, 2.45) is 11.8 Å². The highest BCUT2D eigenvalue weighted by atomic mass is 32.2. The Kier molecular flexibility index (Phi) is 2.36. The van der Waals surface area contributed by atoms with Crippen LogP contribution in [0, 0.1) is 18.8 Å². The number of fused-ring (bicyclic) bond motifs is 2. The van der Waals surface area contributed by atoms with Crippen molar-refractivity contribution in [2.75, 3.05) is 0 Å². The van der Waals surface area contributed by atoms with Crippen LogP contribution in [-0.4, -0.2) is 5.25 Å². The largest absolute Gasteiger partial charge is 0.122 e. The van der Waals surface area contributed by atoms with E-state index in [0.29, 0.717) is 0 Å². The summed E-state index contributed by atoms with van der Waals surface area (Å²) in [5, 5.41) is 0.835. The summed E-state index contributed by atoms with van der Waals surface area (Å²) in [4.78, 5) is 1.45. The highest BCUT2D eigenvalue weighted by Crippen LogP contribution is 2.47. The maximum absolute atomic E-state index is 2.43. The number of aryl methyl sites for hydroxylation is 1. The van der Waals surface area contributed by atoms with E-state index in [0.717, 1.165) is 17.1 Å². The summed E-state index contributed by atoms with van der Waals surface area (Å²) >= 11 is 2.08. The first kappa shape index (κ1) is 9.53. The van der Waals surface area contributed by atoms with Crippen LogP contribution in [0.5, 0.6) is 0 Å². The molecule has 1 heteroatoms. The van der Waals surface area contributed by atoms with Crippen LogP contribution in [0.4, 0.5) is 0 Å². The molecule has 1 aromatic rings. The number of allylic oxidation sites excluding steroid dienone is 2. The molecule has 1 fully saturated rings. The van der Waals surface area contributed by atoms with Crippen molar-refractivity contribution < 1.29 is 0 Å². The quantitative estimate of drug-likeness (QED) is 0.672. The van der Waals surface area contributed by atoms with Crippen LogP contribution in [0.3, 0.4) is 0 Å². The zero-order valence-electron chi connectivity index (χ0n) is 9.02.